The quantitative estimate of drug-likeness (QED) is 0.666. The normalized spacial score (nSPS) is 22.9. The minimum Gasteiger partial charge on any atom is -0.368 e. The maximum absolute atomic E-state index is 14.9. The molecule has 2 rings (SSSR count). The molecule has 0 saturated carbocycles. The predicted octanol–water partition coefficient (Wildman–Crippen LogP) is 0.195. The number of halogens is 1. The molecule has 1 aliphatic heterocycles. The summed E-state index contributed by atoms with van der Waals surface area (Å²) in [6.45, 7) is 0. The number of primary amides is 1. The molecule has 0 spiro atoms. The van der Waals surface area contributed by atoms with Crippen molar-refractivity contribution >= 4 is 17.5 Å². The maximum atomic E-state index is 14.9. The van der Waals surface area contributed by atoms with Gasteiger partial charge >= 0.3 is 0 Å². The van der Waals surface area contributed by atoms with E-state index >= 15 is 0 Å². The van der Waals surface area contributed by atoms with Gasteiger partial charge in [-0.1, -0.05) is 18.2 Å². The third-order valence-electron chi connectivity index (χ3n) is 2.98. The Morgan fingerprint density at radius 1 is 1.50 bits per heavy atom. The van der Waals surface area contributed by atoms with Gasteiger partial charge in [-0.25, -0.2) is 9.18 Å². The Morgan fingerprint density at radius 2 is 2.17 bits per heavy atom. The Hall–Kier alpha value is -2.17. The van der Waals surface area contributed by atoms with Gasteiger partial charge in [0.15, 0.2) is 5.67 Å². The van der Waals surface area contributed by atoms with E-state index in [0.29, 0.717) is 5.69 Å². The molecule has 1 heterocycles. The average molecular weight is 249 g/mol. The molecule has 18 heavy (non-hydrogen) atoms. The molecule has 2 atom stereocenters. The van der Waals surface area contributed by atoms with Crippen molar-refractivity contribution in [1.29, 1.82) is 0 Å². The second-order valence-corrected chi connectivity index (χ2v) is 4.16. The van der Waals surface area contributed by atoms with E-state index in [-0.39, 0.29) is 11.3 Å². The van der Waals surface area contributed by atoms with Gasteiger partial charge in [0.05, 0.1) is 6.04 Å². The molecule has 0 aliphatic carbocycles. The van der Waals surface area contributed by atoms with Crippen LogP contribution in [0.5, 0.6) is 0 Å². The van der Waals surface area contributed by atoms with Crippen molar-refractivity contribution in [3.05, 3.63) is 35.5 Å². The van der Waals surface area contributed by atoms with Gasteiger partial charge in [-0.3, -0.25) is 4.79 Å². The third kappa shape index (κ3) is 1.77. The number of hydrogen-bond donors (Lipinski definition) is 3. The summed E-state index contributed by atoms with van der Waals surface area (Å²) < 4.78 is 14.9. The van der Waals surface area contributed by atoms with E-state index < -0.39 is 24.0 Å². The highest BCUT2D eigenvalue weighted by molar-refractivity contribution is 5.81. The molecule has 0 saturated heterocycles. The number of carbonyl (C=O) groups excluding carboxylic acids is 2. The molecule has 94 valence electrons. The summed E-state index contributed by atoms with van der Waals surface area (Å²) in [7, 11) is 0. The smallest absolute Gasteiger partial charge is 0.234 e. The number of alkyl halides is 1. The van der Waals surface area contributed by atoms with Gasteiger partial charge in [0.2, 0.25) is 5.91 Å². The van der Waals surface area contributed by atoms with E-state index in [1.165, 1.54) is 12.0 Å². The standard InChI is InChI=1S/C12H12FN3O2/c13-12(5-8(14)11(15)18)7-3-1-2-4-9(7)16-10(12)6-17/h1-4,8,16H,5,14H2,(H2,15,18). The molecule has 6 heteroatoms. The lowest BCUT2D eigenvalue weighted by atomic mass is 9.89. The van der Waals surface area contributed by atoms with Gasteiger partial charge in [0, 0.05) is 17.7 Å². The Bertz CT molecular complexity index is 554. The first-order valence-corrected chi connectivity index (χ1v) is 5.35. The number of allylic oxidation sites excluding steroid dienone is 1. The molecule has 5 nitrogen and oxygen atoms in total. The molecule has 0 aromatic heterocycles. The van der Waals surface area contributed by atoms with E-state index in [9.17, 15) is 14.0 Å². The van der Waals surface area contributed by atoms with Crippen LogP contribution in [0, 0.1) is 0 Å². The number of benzene rings is 1. The fourth-order valence-corrected chi connectivity index (χ4v) is 2.03. The zero-order valence-corrected chi connectivity index (χ0v) is 9.44. The van der Waals surface area contributed by atoms with Crippen LogP contribution >= 0.6 is 0 Å². The molecule has 1 aliphatic rings. The first-order valence-electron chi connectivity index (χ1n) is 5.35. The number of para-hydroxylation sites is 1. The molecule has 1 amide bonds. The molecule has 0 bridgehead atoms. The number of nitrogens with two attached hydrogens (primary N) is 2. The Labute approximate surface area is 103 Å². The van der Waals surface area contributed by atoms with Crippen molar-refractivity contribution < 1.29 is 14.0 Å². The predicted molar refractivity (Wildman–Crippen MR) is 63.8 cm³/mol. The highest BCUT2D eigenvalue weighted by Crippen LogP contribution is 2.46. The lowest BCUT2D eigenvalue weighted by Crippen LogP contribution is -2.41. The lowest BCUT2D eigenvalue weighted by Gasteiger charge is -2.22. The number of rotatable bonds is 3. The SMILES string of the molecule is NC(=O)C(N)CC1(F)C(=C=O)Nc2ccccc21. The summed E-state index contributed by atoms with van der Waals surface area (Å²) in [4.78, 5) is 21.8. The first-order chi connectivity index (χ1) is 8.49. The van der Waals surface area contributed by atoms with Gasteiger partial charge in [0.25, 0.3) is 0 Å². The summed E-state index contributed by atoms with van der Waals surface area (Å²) in [6.07, 6.45) is -0.392. The van der Waals surface area contributed by atoms with Crippen molar-refractivity contribution in [3.63, 3.8) is 0 Å². The maximum Gasteiger partial charge on any atom is 0.234 e. The van der Waals surface area contributed by atoms with Crippen LogP contribution in [0.15, 0.2) is 30.0 Å². The van der Waals surface area contributed by atoms with Crippen molar-refractivity contribution in [3.8, 4) is 0 Å². The molecular weight excluding hydrogens is 237 g/mol. The minimum atomic E-state index is -2.15. The van der Waals surface area contributed by atoms with Gasteiger partial charge in [0.1, 0.15) is 11.6 Å². The number of hydrogen-bond acceptors (Lipinski definition) is 4. The van der Waals surface area contributed by atoms with Gasteiger partial charge in [-0.2, -0.15) is 0 Å². The number of fused-ring (bicyclic) bond motifs is 1. The fourth-order valence-electron chi connectivity index (χ4n) is 2.03. The van der Waals surface area contributed by atoms with Gasteiger partial charge in [-0.15, -0.1) is 0 Å². The van der Waals surface area contributed by atoms with Crippen LogP contribution in [-0.4, -0.2) is 17.9 Å². The van der Waals surface area contributed by atoms with Crippen LogP contribution in [0.2, 0.25) is 0 Å². The molecule has 0 radical (unpaired) electrons. The zero-order chi connectivity index (χ0) is 13.3. The van der Waals surface area contributed by atoms with Crippen LogP contribution in [0.3, 0.4) is 0 Å². The van der Waals surface area contributed by atoms with Crippen molar-refractivity contribution in [2.24, 2.45) is 11.5 Å². The molecule has 5 N–H and O–H groups in total. The van der Waals surface area contributed by atoms with Crippen molar-refractivity contribution in [2.75, 3.05) is 5.32 Å². The summed E-state index contributed by atoms with van der Waals surface area (Å²) >= 11 is 0. The number of amides is 1. The molecule has 1 aromatic carbocycles. The Morgan fingerprint density at radius 3 is 2.78 bits per heavy atom. The monoisotopic (exact) mass is 249 g/mol. The second-order valence-electron chi connectivity index (χ2n) is 4.16. The summed E-state index contributed by atoms with van der Waals surface area (Å²) in [5.74, 6) is 0.701. The summed E-state index contributed by atoms with van der Waals surface area (Å²) in [6, 6.07) is 5.32. The zero-order valence-electron chi connectivity index (χ0n) is 9.44. The first kappa shape index (κ1) is 12.3. The van der Waals surface area contributed by atoms with Crippen LogP contribution in [0.1, 0.15) is 12.0 Å². The second kappa shape index (κ2) is 4.25. The van der Waals surface area contributed by atoms with E-state index in [1.807, 2.05) is 0 Å². The average Bonchev–Trinajstić information content (AvgIpc) is 2.62. The van der Waals surface area contributed by atoms with Crippen molar-refractivity contribution in [1.82, 2.24) is 0 Å². The summed E-state index contributed by atoms with van der Waals surface area (Å²) in [5, 5.41) is 2.63. The highest BCUT2D eigenvalue weighted by Gasteiger charge is 2.46. The van der Waals surface area contributed by atoms with E-state index in [2.05, 4.69) is 5.32 Å². The number of anilines is 1. The minimum absolute atomic E-state index is 0.264. The third-order valence-corrected chi connectivity index (χ3v) is 2.98. The van der Waals surface area contributed by atoms with E-state index in [1.54, 1.807) is 18.2 Å². The topological polar surface area (TPSA) is 98.2 Å². The fraction of sp³-hybridized carbons (Fsp3) is 0.250. The van der Waals surface area contributed by atoms with E-state index in [4.69, 9.17) is 11.5 Å². The largest absolute Gasteiger partial charge is 0.368 e. The van der Waals surface area contributed by atoms with Gasteiger partial charge in [-0.05, 0) is 6.07 Å². The molecule has 0 fully saturated rings. The Kier molecular flexibility index (Phi) is 2.90. The van der Waals surface area contributed by atoms with Crippen LogP contribution in [0.25, 0.3) is 0 Å². The van der Waals surface area contributed by atoms with Crippen molar-refractivity contribution in [2.45, 2.75) is 18.1 Å². The lowest BCUT2D eigenvalue weighted by molar-refractivity contribution is -0.120. The molecule has 1 aromatic rings. The highest BCUT2D eigenvalue weighted by atomic mass is 19.1. The van der Waals surface area contributed by atoms with Crippen LogP contribution in [-0.2, 0) is 15.3 Å². The number of nitrogens with one attached hydrogen (secondary N) is 1. The Balaban J connectivity index is 2.46. The summed E-state index contributed by atoms with van der Waals surface area (Å²) in [5.41, 5.74) is 8.80. The van der Waals surface area contributed by atoms with E-state index in [0.717, 1.165) is 0 Å². The number of carbonyl (C=O) groups is 1. The molecular formula is C12H12FN3O2. The van der Waals surface area contributed by atoms with Crippen LogP contribution < -0.4 is 16.8 Å². The van der Waals surface area contributed by atoms with Gasteiger partial charge < -0.3 is 16.8 Å². The van der Waals surface area contributed by atoms with Crippen LogP contribution in [0.4, 0.5) is 10.1 Å². The molecule has 2 unspecified atom stereocenters.